The fourth-order valence-electron chi connectivity index (χ4n) is 3.18. The summed E-state index contributed by atoms with van der Waals surface area (Å²) >= 11 is 0. The van der Waals surface area contributed by atoms with Crippen LogP contribution >= 0.6 is 0 Å². The lowest BCUT2D eigenvalue weighted by atomic mass is 9.85. The first-order valence-electron chi connectivity index (χ1n) is 6.45. The first-order chi connectivity index (χ1) is 8.42. The Morgan fingerprint density at radius 1 is 1.00 bits per heavy atom. The molecule has 86 valence electrons. The van der Waals surface area contributed by atoms with Crippen molar-refractivity contribution >= 4 is 16.9 Å². The van der Waals surface area contributed by atoms with E-state index in [1.54, 1.807) is 0 Å². The summed E-state index contributed by atoms with van der Waals surface area (Å²) in [4.78, 5) is 9.52. The molecule has 2 atom stereocenters. The minimum absolute atomic E-state index is 0.579. The van der Waals surface area contributed by atoms with Gasteiger partial charge < -0.3 is 5.32 Å². The number of benzene rings is 1. The van der Waals surface area contributed by atoms with Gasteiger partial charge in [-0.05, 0) is 25.0 Å². The molecule has 4 rings (SSSR count). The Hall–Kier alpha value is -1.64. The van der Waals surface area contributed by atoms with Gasteiger partial charge in [-0.1, -0.05) is 25.0 Å². The van der Waals surface area contributed by atoms with Crippen LogP contribution in [-0.2, 0) is 0 Å². The fourth-order valence-corrected chi connectivity index (χ4v) is 3.18. The van der Waals surface area contributed by atoms with Crippen molar-refractivity contribution in [1.29, 1.82) is 0 Å². The largest absolute Gasteiger partial charge is 0.365 e. The molecule has 2 aliphatic rings. The highest BCUT2D eigenvalue weighted by atomic mass is 15.1. The smallest absolute Gasteiger partial charge is 0.149 e. The Balaban J connectivity index is 1.89. The Kier molecular flexibility index (Phi) is 1.89. The van der Waals surface area contributed by atoms with Gasteiger partial charge in [-0.3, -0.25) is 0 Å². The van der Waals surface area contributed by atoms with Crippen molar-refractivity contribution in [3.63, 3.8) is 0 Å². The quantitative estimate of drug-likeness (QED) is 0.748. The third-order valence-corrected chi connectivity index (χ3v) is 4.04. The number of rotatable bonds is 0. The van der Waals surface area contributed by atoms with Crippen molar-refractivity contribution in [1.82, 2.24) is 9.97 Å². The molecule has 3 heteroatoms. The van der Waals surface area contributed by atoms with Gasteiger partial charge in [-0.2, -0.15) is 0 Å². The normalized spacial score (nSPS) is 26.4. The van der Waals surface area contributed by atoms with E-state index in [1.165, 1.54) is 31.4 Å². The molecule has 0 radical (unpaired) electrons. The van der Waals surface area contributed by atoms with E-state index < -0.39 is 0 Å². The summed E-state index contributed by atoms with van der Waals surface area (Å²) in [5, 5.41) is 3.55. The van der Waals surface area contributed by atoms with E-state index >= 15 is 0 Å². The maximum atomic E-state index is 4.82. The van der Waals surface area contributed by atoms with Crippen LogP contribution in [0.3, 0.4) is 0 Å². The molecule has 2 aromatic rings. The summed E-state index contributed by atoms with van der Waals surface area (Å²) in [7, 11) is 0. The number of para-hydroxylation sites is 2. The van der Waals surface area contributed by atoms with Gasteiger partial charge in [0, 0.05) is 12.0 Å². The average Bonchev–Trinajstić information content (AvgIpc) is 2.73. The third kappa shape index (κ3) is 1.35. The van der Waals surface area contributed by atoms with E-state index in [2.05, 4.69) is 11.4 Å². The van der Waals surface area contributed by atoms with Gasteiger partial charge >= 0.3 is 0 Å². The SMILES string of the molecule is c1ccc2nc3c(nc2c1)N[C@H]1CCCC[C@@H]31. The predicted octanol–water partition coefficient (Wildman–Crippen LogP) is 3.08. The molecule has 2 heterocycles. The zero-order chi connectivity index (χ0) is 11.2. The fraction of sp³-hybridized carbons (Fsp3) is 0.429. The second kappa shape index (κ2) is 3.42. The van der Waals surface area contributed by atoms with Gasteiger partial charge in [-0.25, -0.2) is 9.97 Å². The third-order valence-electron chi connectivity index (χ3n) is 4.04. The molecule has 1 fully saturated rings. The standard InChI is InChI=1S/C14H15N3/c1-2-6-10-9(5-1)13-14(16-10)17-12-8-4-3-7-11(12)15-13/h3-4,7-10H,1-2,5-6H2,(H,16,17)/t9-,10+/m1/s1. The van der Waals surface area contributed by atoms with Crippen LogP contribution in [0.2, 0.25) is 0 Å². The summed E-state index contributed by atoms with van der Waals surface area (Å²) in [6, 6.07) is 8.72. The zero-order valence-corrected chi connectivity index (χ0v) is 9.69. The highest BCUT2D eigenvalue weighted by molar-refractivity contribution is 5.77. The van der Waals surface area contributed by atoms with Gasteiger partial charge in [-0.15, -0.1) is 0 Å². The topological polar surface area (TPSA) is 37.8 Å². The van der Waals surface area contributed by atoms with Crippen LogP contribution in [0.1, 0.15) is 37.3 Å². The lowest BCUT2D eigenvalue weighted by molar-refractivity contribution is 0.417. The first-order valence-corrected chi connectivity index (χ1v) is 6.45. The Morgan fingerprint density at radius 3 is 2.65 bits per heavy atom. The Bertz CT molecular complexity index is 579. The van der Waals surface area contributed by atoms with Crippen LogP contribution in [0.15, 0.2) is 24.3 Å². The van der Waals surface area contributed by atoms with Gasteiger partial charge in [0.2, 0.25) is 0 Å². The number of hydrogen-bond acceptors (Lipinski definition) is 3. The summed E-state index contributed by atoms with van der Waals surface area (Å²) in [5.74, 6) is 1.62. The molecular formula is C14H15N3. The number of fused-ring (bicyclic) bond motifs is 4. The van der Waals surface area contributed by atoms with E-state index in [9.17, 15) is 0 Å². The highest BCUT2D eigenvalue weighted by Gasteiger charge is 2.36. The monoisotopic (exact) mass is 225 g/mol. The van der Waals surface area contributed by atoms with Crippen molar-refractivity contribution < 1.29 is 0 Å². The molecule has 1 aliphatic heterocycles. The number of aromatic nitrogens is 2. The second-order valence-electron chi connectivity index (χ2n) is 5.09. The van der Waals surface area contributed by atoms with Crippen molar-refractivity contribution in [3.8, 4) is 0 Å². The van der Waals surface area contributed by atoms with Crippen molar-refractivity contribution in [2.45, 2.75) is 37.6 Å². The number of hydrogen-bond donors (Lipinski definition) is 1. The molecule has 0 amide bonds. The molecule has 1 aromatic carbocycles. The van der Waals surface area contributed by atoms with E-state index in [1.807, 2.05) is 18.2 Å². The van der Waals surface area contributed by atoms with Crippen LogP contribution in [0.5, 0.6) is 0 Å². The molecule has 0 bridgehead atoms. The van der Waals surface area contributed by atoms with Crippen molar-refractivity contribution in [2.75, 3.05) is 5.32 Å². The Labute approximate surface area is 100 Å². The first kappa shape index (κ1) is 9.40. The van der Waals surface area contributed by atoms with E-state index in [-0.39, 0.29) is 0 Å². The summed E-state index contributed by atoms with van der Waals surface area (Å²) in [6.07, 6.45) is 5.19. The number of nitrogens with zero attached hydrogens (tertiary/aromatic N) is 2. The molecule has 1 N–H and O–H groups in total. The van der Waals surface area contributed by atoms with Crippen LogP contribution in [0.25, 0.3) is 11.0 Å². The average molecular weight is 225 g/mol. The molecule has 1 aliphatic carbocycles. The van der Waals surface area contributed by atoms with Crippen molar-refractivity contribution in [3.05, 3.63) is 30.0 Å². The molecule has 0 saturated heterocycles. The molecule has 1 saturated carbocycles. The predicted molar refractivity (Wildman–Crippen MR) is 68.2 cm³/mol. The van der Waals surface area contributed by atoms with E-state index in [0.717, 1.165) is 16.9 Å². The van der Waals surface area contributed by atoms with Crippen LogP contribution in [0.4, 0.5) is 5.82 Å². The number of anilines is 1. The lowest BCUT2D eigenvalue weighted by Gasteiger charge is -2.24. The maximum Gasteiger partial charge on any atom is 0.149 e. The van der Waals surface area contributed by atoms with Crippen LogP contribution in [-0.4, -0.2) is 16.0 Å². The molecule has 1 aromatic heterocycles. The molecule has 3 nitrogen and oxygen atoms in total. The summed E-state index contributed by atoms with van der Waals surface area (Å²) < 4.78 is 0. The van der Waals surface area contributed by atoms with Crippen molar-refractivity contribution in [2.24, 2.45) is 0 Å². The van der Waals surface area contributed by atoms with Crippen LogP contribution < -0.4 is 5.32 Å². The number of nitrogens with one attached hydrogen (secondary N) is 1. The lowest BCUT2D eigenvalue weighted by Crippen LogP contribution is -2.24. The zero-order valence-electron chi connectivity index (χ0n) is 9.69. The molecule has 0 unspecified atom stereocenters. The molecular weight excluding hydrogens is 210 g/mol. The summed E-state index contributed by atoms with van der Waals surface area (Å²) in [5.41, 5.74) is 3.23. The van der Waals surface area contributed by atoms with Gasteiger partial charge in [0.05, 0.1) is 16.7 Å². The highest BCUT2D eigenvalue weighted by Crippen LogP contribution is 2.42. The molecule has 17 heavy (non-hydrogen) atoms. The van der Waals surface area contributed by atoms with Gasteiger partial charge in [0.25, 0.3) is 0 Å². The van der Waals surface area contributed by atoms with Gasteiger partial charge in [0.1, 0.15) is 5.82 Å². The maximum absolute atomic E-state index is 4.82. The summed E-state index contributed by atoms with van der Waals surface area (Å²) in [6.45, 7) is 0. The molecule has 0 spiro atoms. The van der Waals surface area contributed by atoms with Crippen LogP contribution in [0, 0.1) is 0 Å². The minimum Gasteiger partial charge on any atom is -0.365 e. The van der Waals surface area contributed by atoms with E-state index in [4.69, 9.17) is 9.97 Å². The second-order valence-corrected chi connectivity index (χ2v) is 5.09. The van der Waals surface area contributed by atoms with E-state index in [0.29, 0.717) is 12.0 Å². The Morgan fingerprint density at radius 2 is 1.76 bits per heavy atom. The minimum atomic E-state index is 0.579. The van der Waals surface area contributed by atoms with Gasteiger partial charge in [0.15, 0.2) is 0 Å².